The molecule has 2 N–H and O–H groups in total. The lowest BCUT2D eigenvalue weighted by Crippen LogP contribution is -2.48. The number of halogens is 1. The van der Waals surface area contributed by atoms with E-state index in [9.17, 15) is 4.39 Å². The van der Waals surface area contributed by atoms with Crippen LogP contribution >= 0.6 is 0 Å². The summed E-state index contributed by atoms with van der Waals surface area (Å²) in [6.45, 7) is 7.23. The Morgan fingerprint density at radius 1 is 1.53 bits per heavy atom. The summed E-state index contributed by atoms with van der Waals surface area (Å²) in [5.74, 6) is 0.821. The fourth-order valence-electron chi connectivity index (χ4n) is 3.82. The molecule has 0 atom stereocenters. The number of alkyl halides is 1. The molecule has 1 spiro atoms. The van der Waals surface area contributed by atoms with E-state index in [1.807, 2.05) is 6.07 Å². The van der Waals surface area contributed by atoms with E-state index < -0.39 is 5.67 Å². The highest BCUT2D eigenvalue weighted by Crippen LogP contribution is 2.56. The van der Waals surface area contributed by atoms with Crippen LogP contribution in [0, 0.1) is 5.41 Å². The fraction of sp³-hybridized carbons (Fsp3) is 0.533. The summed E-state index contributed by atoms with van der Waals surface area (Å²) in [6, 6.07) is 1.86. The SMILES string of the molecule is C=Cc1ccnc(N2CCC3(C2)CC(C)(F)C3)c1N. The minimum atomic E-state index is -0.974. The Labute approximate surface area is 113 Å². The Morgan fingerprint density at radius 3 is 2.89 bits per heavy atom. The molecule has 102 valence electrons. The Kier molecular flexibility index (Phi) is 2.59. The summed E-state index contributed by atoms with van der Waals surface area (Å²) in [7, 11) is 0. The minimum absolute atomic E-state index is 0.141. The van der Waals surface area contributed by atoms with Gasteiger partial charge in [-0.25, -0.2) is 9.37 Å². The second kappa shape index (κ2) is 3.95. The molecular formula is C15H20FN3. The van der Waals surface area contributed by atoms with Crippen LogP contribution in [0.4, 0.5) is 15.9 Å². The van der Waals surface area contributed by atoms with Crippen LogP contribution < -0.4 is 10.6 Å². The van der Waals surface area contributed by atoms with Crippen LogP contribution in [0.2, 0.25) is 0 Å². The standard InChI is InChI=1S/C15H20FN3/c1-3-11-4-6-18-13(12(11)17)19-7-5-15(10-19)8-14(2,16)9-15/h3-4,6H,1,5,7-10,17H2,2H3. The van der Waals surface area contributed by atoms with Crippen LogP contribution in [0.3, 0.4) is 0 Å². The number of anilines is 2. The summed E-state index contributed by atoms with van der Waals surface area (Å²) in [5, 5.41) is 0. The van der Waals surface area contributed by atoms with Crippen molar-refractivity contribution >= 4 is 17.6 Å². The summed E-state index contributed by atoms with van der Waals surface area (Å²) in [4.78, 5) is 6.58. The van der Waals surface area contributed by atoms with E-state index in [0.29, 0.717) is 18.5 Å². The Balaban J connectivity index is 1.81. The highest BCUT2D eigenvalue weighted by Gasteiger charge is 2.55. The van der Waals surface area contributed by atoms with Crippen LogP contribution in [0.1, 0.15) is 31.7 Å². The highest BCUT2D eigenvalue weighted by atomic mass is 19.1. The van der Waals surface area contributed by atoms with Gasteiger partial charge in [0.15, 0.2) is 5.82 Å². The number of aromatic nitrogens is 1. The lowest BCUT2D eigenvalue weighted by molar-refractivity contribution is -0.0400. The van der Waals surface area contributed by atoms with E-state index in [2.05, 4.69) is 16.5 Å². The monoisotopic (exact) mass is 261 g/mol. The lowest BCUT2D eigenvalue weighted by Gasteiger charge is -2.48. The molecule has 0 radical (unpaired) electrons. The molecule has 1 saturated heterocycles. The van der Waals surface area contributed by atoms with Crippen molar-refractivity contribution in [3.8, 4) is 0 Å². The average molecular weight is 261 g/mol. The van der Waals surface area contributed by atoms with Crippen LogP contribution in [0.5, 0.6) is 0 Å². The van der Waals surface area contributed by atoms with Crippen molar-refractivity contribution in [2.24, 2.45) is 5.41 Å². The van der Waals surface area contributed by atoms with Crippen LogP contribution in [0.15, 0.2) is 18.8 Å². The molecule has 0 unspecified atom stereocenters. The van der Waals surface area contributed by atoms with Gasteiger partial charge in [-0.2, -0.15) is 0 Å². The number of nitrogens with zero attached hydrogens (tertiary/aromatic N) is 2. The zero-order valence-corrected chi connectivity index (χ0v) is 11.3. The topological polar surface area (TPSA) is 42.2 Å². The zero-order chi connectivity index (χ0) is 13.7. The Hall–Kier alpha value is -1.58. The van der Waals surface area contributed by atoms with Crippen molar-refractivity contribution in [3.63, 3.8) is 0 Å². The lowest BCUT2D eigenvalue weighted by atomic mass is 9.60. The molecule has 0 amide bonds. The molecule has 1 aliphatic heterocycles. The third-order valence-electron chi connectivity index (χ3n) is 4.45. The molecule has 3 nitrogen and oxygen atoms in total. The molecule has 2 fully saturated rings. The molecule has 4 heteroatoms. The second-order valence-corrected chi connectivity index (χ2v) is 6.28. The maximum Gasteiger partial charge on any atom is 0.152 e. The Bertz CT molecular complexity index is 516. The van der Waals surface area contributed by atoms with Gasteiger partial charge in [-0.1, -0.05) is 12.7 Å². The number of hydrogen-bond acceptors (Lipinski definition) is 3. The summed E-state index contributed by atoms with van der Waals surface area (Å²) < 4.78 is 13.8. The van der Waals surface area contributed by atoms with E-state index in [-0.39, 0.29) is 5.41 Å². The van der Waals surface area contributed by atoms with Gasteiger partial charge < -0.3 is 10.6 Å². The van der Waals surface area contributed by atoms with Crippen molar-refractivity contribution in [1.29, 1.82) is 0 Å². The normalized spacial score (nSPS) is 33.5. The average Bonchev–Trinajstić information content (AvgIpc) is 2.72. The molecule has 2 aliphatic rings. The second-order valence-electron chi connectivity index (χ2n) is 6.28. The molecular weight excluding hydrogens is 241 g/mol. The highest BCUT2D eigenvalue weighted by molar-refractivity contribution is 5.74. The van der Waals surface area contributed by atoms with E-state index >= 15 is 0 Å². The van der Waals surface area contributed by atoms with Crippen molar-refractivity contribution < 1.29 is 4.39 Å². The quantitative estimate of drug-likeness (QED) is 0.889. The first kappa shape index (κ1) is 12.5. The van der Waals surface area contributed by atoms with Crippen molar-refractivity contribution in [2.45, 2.75) is 31.9 Å². The molecule has 1 aliphatic carbocycles. The van der Waals surface area contributed by atoms with Crippen molar-refractivity contribution in [3.05, 3.63) is 24.4 Å². The summed E-state index contributed by atoms with van der Waals surface area (Å²) in [5.41, 5.74) is 6.88. The first-order chi connectivity index (χ1) is 8.95. The number of hydrogen-bond donors (Lipinski definition) is 1. The first-order valence-corrected chi connectivity index (χ1v) is 6.76. The summed E-state index contributed by atoms with van der Waals surface area (Å²) in [6.07, 6.45) is 5.86. The number of rotatable bonds is 2. The predicted molar refractivity (Wildman–Crippen MR) is 76.8 cm³/mol. The maximum absolute atomic E-state index is 13.8. The molecule has 1 aromatic rings. The smallest absolute Gasteiger partial charge is 0.152 e. The van der Waals surface area contributed by atoms with Gasteiger partial charge in [0.1, 0.15) is 5.67 Å². The predicted octanol–water partition coefficient (Wildman–Crippen LogP) is 3.03. The van der Waals surface area contributed by atoms with Crippen LogP contribution in [-0.4, -0.2) is 23.7 Å². The van der Waals surface area contributed by atoms with E-state index in [1.165, 1.54) is 0 Å². The number of nitrogen functional groups attached to an aromatic ring is 1. The van der Waals surface area contributed by atoms with Crippen molar-refractivity contribution in [1.82, 2.24) is 4.98 Å². The van der Waals surface area contributed by atoms with Gasteiger partial charge >= 0.3 is 0 Å². The molecule has 0 aromatic carbocycles. The molecule has 0 bridgehead atoms. The Morgan fingerprint density at radius 2 is 2.26 bits per heavy atom. The number of pyridine rings is 1. The van der Waals surface area contributed by atoms with Crippen molar-refractivity contribution in [2.75, 3.05) is 23.7 Å². The van der Waals surface area contributed by atoms with E-state index in [4.69, 9.17) is 5.73 Å². The molecule has 3 rings (SSSR count). The van der Waals surface area contributed by atoms with Gasteiger partial charge in [0.05, 0.1) is 5.69 Å². The third kappa shape index (κ3) is 1.99. The molecule has 1 aromatic heterocycles. The zero-order valence-electron chi connectivity index (χ0n) is 11.3. The van der Waals surface area contributed by atoms with Gasteiger partial charge in [0.25, 0.3) is 0 Å². The van der Waals surface area contributed by atoms with E-state index in [0.717, 1.165) is 30.9 Å². The van der Waals surface area contributed by atoms with Gasteiger partial charge in [0, 0.05) is 24.8 Å². The van der Waals surface area contributed by atoms with Gasteiger partial charge in [-0.15, -0.1) is 0 Å². The largest absolute Gasteiger partial charge is 0.395 e. The molecule has 2 heterocycles. The van der Waals surface area contributed by atoms with E-state index in [1.54, 1.807) is 19.2 Å². The van der Waals surface area contributed by atoms with Gasteiger partial charge in [-0.05, 0) is 37.7 Å². The fourth-order valence-corrected chi connectivity index (χ4v) is 3.82. The number of nitrogens with two attached hydrogens (primary N) is 1. The third-order valence-corrected chi connectivity index (χ3v) is 4.45. The van der Waals surface area contributed by atoms with Gasteiger partial charge in [-0.3, -0.25) is 0 Å². The minimum Gasteiger partial charge on any atom is -0.395 e. The maximum atomic E-state index is 13.8. The van der Waals surface area contributed by atoms with Gasteiger partial charge in [0.2, 0.25) is 0 Å². The first-order valence-electron chi connectivity index (χ1n) is 6.76. The van der Waals surface area contributed by atoms with Crippen LogP contribution in [-0.2, 0) is 0 Å². The molecule has 19 heavy (non-hydrogen) atoms. The van der Waals surface area contributed by atoms with Crippen LogP contribution in [0.25, 0.3) is 6.08 Å². The molecule has 1 saturated carbocycles. The summed E-state index contributed by atoms with van der Waals surface area (Å²) >= 11 is 0.